The first-order chi connectivity index (χ1) is 9.09. The number of benzene rings is 1. The number of ketones is 1. The number of carbonyl (C=O) groups is 1. The van der Waals surface area contributed by atoms with E-state index in [1.165, 1.54) is 31.9 Å². The standard InChI is InChI=1S/C16H20F2O/c1-11-8-9-13(16(18)15(11)17)14(19)10-12-6-4-2-3-5-7-12/h8-9,12H,2-7,10H2,1H3. The fourth-order valence-electron chi connectivity index (χ4n) is 2.80. The molecule has 1 saturated carbocycles. The molecular weight excluding hydrogens is 246 g/mol. The number of hydrogen-bond donors (Lipinski definition) is 0. The molecule has 0 radical (unpaired) electrons. The van der Waals surface area contributed by atoms with E-state index in [9.17, 15) is 13.6 Å². The molecule has 0 N–H and O–H groups in total. The molecule has 0 unspecified atom stereocenters. The molecule has 0 aliphatic heterocycles. The topological polar surface area (TPSA) is 17.1 Å². The van der Waals surface area contributed by atoms with E-state index in [1.54, 1.807) is 0 Å². The van der Waals surface area contributed by atoms with E-state index in [0.717, 1.165) is 25.7 Å². The average Bonchev–Trinajstić information content (AvgIpc) is 2.64. The summed E-state index contributed by atoms with van der Waals surface area (Å²) in [5.41, 5.74) is 0.149. The fourth-order valence-corrected chi connectivity index (χ4v) is 2.80. The summed E-state index contributed by atoms with van der Waals surface area (Å²) in [7, 11) is 0. The first-order valence-electron chi connectivity index (χ1n) is 7.07. The Bertz CT molecular complexity index is 460. The van der Waals surface area contributed by atoms with Gasteiger partial charge in [0, 0.05) is 6.42 Å². The minimum absolute atomic E-state index is 0.0904. The number of hydrogen-bond acceptors (Lipinski definition) is 1. The predicted molar refractivity (Wildman–Crippen MR) is 71.2 cm³/mol. The third kappa shape index (κ3) is 3.40. The molecule has 1 nitrogen and oxygen atoms in total. The van der Waals surface area contributed by atoms with Crippen LogP contribution >= 0.6 is 0 Å². The van der Waals surface area contributed by atoms with E-state index < -0.39 is 11.6 Å². The molecule has 2 rings (SSSR count). The van der Waals surface area contributed by atoms with Gasteiger partial charge in [0.1, 0.15) is 0 Å². The molecular formula is C16H20F2O. The predicted octanol–water partition coefficient (Wildman–Crippen LogP) is 4.82. The molecule has 0 bridgehead atoms. The summed E-state index contributed by atoms with van der Waals surface area (Å²) in [6, 6.07) is 2.88. The van der Waals surface area contributed by atoms with Crippen LogP contribution in [-0.4, -0.2) is 5.78 Å². The molecule has 104 valence electrons. The van der Waals surface area contributed by atoms with Crippen LogP contribution < -0.4 is 0 Å². The molecule has 0 atom stereocenters. The van der Waals surface area contributed by atoms with Crippen molar-refractivity contribution < 1.29 is 13.6 Å². The molecule has 1 aliphatic carbocycles. The van der Waals surface area contributed by atoms with Crippen LogP contribution in [0.25, 0.3) is 0 Å². The minimum Gasteiger partial charge on any atom is -0.294 e. The van der Waals surface area contributed by atoms with Crippen LogP contribution in [0.2, 0.25) is 0 Å². The first-order valence-corrected chi connectivity index (χ1v) is 7.07. The van der Waals surface area contributed by atoms with Crippen molar-refractivity contribution >= 4 is 5.78 Å². The second-order valence-corrected chi connectivity index (χ2v) is 5.54. The Morgan fingerprint density at radius 2 is 1.74 bits per heavy atom. The van der Waals surface area contributed by atoms with E-state index in [2.05, 4.69) is 0 Å². The molecule has 1 aliphatic rings. The third-order valence-corrected chi connectivity index (χ3v) is 4.02. The zero-order valence-corrected chi connectivity index (χ0v) is 11.3. The van der Waals surface area contributed by atoms with Crippen molar-refractivity contribution in [3.63, 3.8) is 0 Å². The number of halogens is 2. The second-order valence-electron chi connectivity index (χ2n) is 5.54. The highest BCUT2D eigenvalue weighted by Gasteiger charge is 2.21. The molecule has 0 aromatic heterocycles. The van der Waals surface area contributed by atoms with Crippen molar-refractivity contribution in [1.82, 2.24) is 0 Å². The molecule has 1 aromatic rings. The zero-order valence-electron chi connectivity index (χ0n) is 11.3. The summed E-state index contributed by atoms with van der Waals surface area (Å²) in [6.45, 7) is 1.50. The van der Waals surface area contributed by atoms with Crippen LogP contribution in [0.15, 0.2) is 12.1 Å². The van der Waals surface area contributed by atoms with Crippen LogP contribution in [0.1, 0.15) is 60.9 Å². The summed E-state index contributed by atoms with van der Waals surface area (Å²) in [5, 5.41) is 0. The van der Waals surface area contributed by atoms with Gasteiger partial charge in [-0.25, -0.2) is 8.78 Å². The lowest BCUT2D eigenvalue weighted by Crippen LogP contribution is -2.11. The number of rotatable bonds is 3. The summed E-state index contributed by atoms with van der Waals surface area (Å²) >= 11 is 0. The highest BCUT2D eigenvalue weighted by Crippen LogP contribution is 2.27. The average molecular weight is 266 g/mol. The van der Waals surface area contributed by atoms with Crippen LogP contribution in [0.4, 0.5) is 8.78 Å². The van der Waals surface area contributed by atoms with Crippen molar-refractivity contribution in [1.29, 1.82) is 0 Å². The lowest BCUT2D eigenvalue weighted by atomic mass is 9.91. The van der Waals surface area contributed by atoms with Gasteiger partial charge in [-0.2, -0.15) is 0 Å². The zero-order chi connectivity index (χ0) is 13.8. The quantitative estimate of drug-likeness (QED) is 0.566. The Hall–Kier alpha value is -1.25. The molecule has 3 heteroatoms. The highest BCUT2D eigenvalue weighted by atomic mass is 19.2. The molecule has 0 heterocycles. The highest BCUT2D eigenvalue weighted by molar-refractivity contribution is 5.96. The Kier molecular flexibility index (Phi) is 4.67. The monoisotopic (exact) mass is 266 g/mol. The van der Waals surface area contributed by atoms with Crippen molar-refractivity contribution in [3.05, 3.63) is 34.9 Å². The van der Waals surface area contributed by atoms with E-state index in [-0.39, 0.29) is 16.9 Å². The van der Waals surface area contributed by atoms with E-state index >= 15 is 0 Å². The molecule has 0 saturated heterocycles. The molecule has 1 aromatic carbocycles. The Labute approximate surface area is 113 Å². The van der Waals surface area contributed by atoms with Gasteiger partial charge in [0.15, 0.2) is 17.4 Å². The van der Waals surface area contributed by atoms with Gasteiger partial charge in [0.05, 0.1) is 5.56 Å². The van der Waals surface area contributed by atoms with Crippen molar-refractivity contribution in [2.45, 2.75) is 51.9 Å². The summed E-state index contributed by atoms with van der Waals surface area (Å²) in [6.07, 6.45) is 7.13. The SMILES string of the molecule is Cc1ccc(C(=O)CC2CCCCCC2)c(F)c1F. The van der Waals surface area contributed by atoms with Gasteiger partial charge in [-0.3, -0.25) is 4.79 Å². The lowest BCUT2D eigenvalue weighted by Gasteiger charge is -2.13. The lowest BCUT2D eigenvalue weighted by molar-refractivity contribution is 0.0952. The Morgan fingerprint density at radius 1 is 1.11 bits per heavy atom. The van der Waals surface area contributed by atoms with Crippen LogP contribution in [0, 0.1) is 24.5 Å². The van der Waals surface area contributed by atoms with Gasteiger partial charge in [0.25, 0.3) is 0 Å². The maximum absolute atomic E-state index is 13.8. The van der Waals surface area contributed by atoms with Gasteiger partial charge in [-0.05, 0) is 24.5 Å². The van der Waals surface area contributed by atoms with E-state index in [4.69, 9.17) is 0 Å². The number of carbonyl (C=O) groups excluding carboxylic acids is 1. The number of aryl methyl sites for hydroxylation is 1. The summed E-state index contributed by atoms with van der Waals surface area (Å²) in [4.78, 5) is 12.1. The fraction of sp³-hybridized carbons (Fsp3) is 0.562. The van der Waals surface area contributed by atoms with Crippen LogP contribution in [0.5, 0.6) is 0 Å². The summed E-state index contributed by atoms with van der Waals surface area (Å²) in [5.74, 6) is -1.81. The molecule has 0 spiro atoms. The summed E-state index contributed by atoms with van der Waals surface area (Å²) < 4.78 is 27.2. The molecule has 1 fully saturated rings. The maximum Gasteiger partial charge on any atom is 0.169 e. The largest absolute Gasteiger partial charge is 0.294 e. The Balaban J connectivity index is 2.09. The van der Waals surface area contributed by atoms with E-state index in [1.807, 2.05) is 0 Å². The Morgan fingerprint density at radius 3 is 2.37 bits per heavy atom. The normalized spacial score (nSPS) is 17.2. The minimum atomic E-state index is -0.987. The first kappa shape index (κ1) is 14.2. The third-order valence-electron chi connectivity index (χ3n) is 4.02. The van der Waals surface area contributed by atoms with Gasteiger partial charge in [0.2, 0.25) is 0 Å². The van der Waals surface area contributed by atoms with Gasteiger partial charge >= 0.3 is 0 Å². The van der Waals surface area contributed by atoms with Crippen molar-refractivity contribution in [2.24, 2.45) is 5.92 Å². The molecule has 19 heavy (non-hydrogen) atoms. The smallest absolute Gasteiger partial charge is 0.169 e. The molecule has 0 amide bonds. The van der Waals surface area contributed by atoms with Crippen LogP contribution in [-0.2, 0) is 0 Å². The number of Topliss-reactive ketones (excluding diaryl/α,β-unsaturated/α-hetero) is 1. The maximum atomic E-state index is 13.8. The van der Waals surface area contributed by atoms with Crippen molar-refractivity contribution in [3.8, 4) is 0 Å². The van der Waals surface area contributed by atoms with Gasteiger partial charge < -0.3 is 0 Å². The van der Waals surface area contributed by atoms with Crippen molar-refractivity contribution in [2.75, 3.05) is 0 Å². The van der Waals surface area contributed by atoms with Crippen LogP contribution in [0.3, 0.4) is 0 Å². The second kappa shape index (κ2) is 6.27. The van der Waals surface area contributed by atoms with Gasteiger partial charge in [-0.15, -0.1) is 0 Å². The van der Waals surface area contributed by atoms with Gasteiger partial charge in [-0.1, -0.05) is 44.6 Å². The van der Waals surface area contributed by atoms with E-state index in [0.29, 0.717) is 12.3 Å².